The fourth-order valence-corrected chi connectivity index (χ4v) is 2.87. The molecule has 11 nitrogen and oxygen atoms in total. The van der Waals surface area contributed by atoms with E-state index < -0.39 is 69.0 Å². The molecule has 4 amide bonds. The van der Waals surface area contributed by atoms with Gasteiger partial charge >= 0.3 is 11.8 Å². The van der Waals surface area contributed by atoms with Crippen molar-refractivity contribution in [3.8, 4) is 0 Å². The van der Waals surface area contributed by atoms with Gasteiger partial charge in [-0.2, -0.15) is 5.06 Å². The summed E-state index contributed by atoms with van der Waals surface area (Å²) in [6.07, 6.45) is -1.27. The number of imide groups is 2. The van der Waals surface area contributed by atoms with Gasteiger partial charge in [-0.1, -0.05) is 0 Å². The van der Waals surface area contributed by atoms with Gasteiger partial charge in [0.2, 0.25) is 0 Å². The summed E-state index contributed by atoms with van der Waals surface area (Å²) in [5, 5.41) is 9.62. The van der Waals surface area contributed by atoms with Gasteiger partial charge in [-0.25, -0.2) is 22.7 Å². The molecule has 0 N–H and O–H groups in total. The molecule has 12 heteroatoms. The molecule has 0 radical (unpaired) electrons. The highest BCUT2D eigenvalue weighted by Crippen LogP contribution is 2.26. The summed E-state index contributed by atoms with van der Waals surface area (Å²) in [6, 6.07) is 0. The quantitative estimate of drug-likeness (QED) is 0.236. The lowest BCUT2D eigenvalue weighted by Gasteiger charge is -2.27. The van der Waals surface area contributed by atoms with Crippen molar-refractivity contribution in [3.05, 3.63) is 5.21 Å². The fraction of sp³-hybridized carbons (Fsp3) is 0.600. The molecule has 0 aromatic heterocycles. The lowest BCUT2D eigenvalue weighted by atomic mass is 10.1. The summed E-state index contributed by atoms with van der Waals surface area (Å²) in [7, 11) is -4.15. The Hall–Kier alpha value is -1.73. The number of likely N-dealkylation sites (tertiary alicyclic amines) is 1. The summed E-state index contributed by atoms with van der Waals surface area (Å²) in [6.45, 7) is -0.621. The zero-order valence-electron chi connectivity index (χ0n) is 11.3. The number of amides is 4. The van der Waals surface area contributed by atoms with E-state index in [2.05, 4.69) is 0 Å². The molecule has 2 aliphatic rings. The van der Waals surface area contributed by atoms with Crippen LogP contribution in [0.2, 0.25) is 0 Å². The third-order valence-corrected chi connectivity index (χ3v) is 4.55. The van der Waals surface area contributed by atoms with Crippen molar-refractivity contribution in [2.75, 3.05) is 13.7 Å². The zero-order valence-corrected chi connectivity index (χ0v) is 12.1. The highest BCUT2D eigenvalue weighted by molar-refractivity contribution is 7.87. The monoisotopic (exact) mass is 335 g/mol. The molecule has 0 saturated carbocycles. The summed E-state index contributed by atoms with van der Waals surface area (Å²) in [5.74, 6) is -5.44. The molecule has 22 heavy (non-hydrogen) atoms. The summed E-state index contributed by atoms with van der Waals surface area (Å²) in [4.78, 5) is 50.9. The number of hydrogen-bond acceptors (Lipinski definition) is 9. The fourth-order valence-electron chi connectivity index (χ4n) is 2.18. The molecule has 2 heterocycles. The topological polar surface area (TPSA) is 161 Å². The molecule has 0 aromatic carbocycles. The van der Waals surface area contributed by atoms with Crippen molar-refractivity contribution >= 4 is 33.7 Å². The van der Waals surface area contributed by atoms with E-state index in [1.807, 2.05) is 0 Å². The smallest absolute Gasteiger partial charge is 0.327 e. The van der Waals surface area contributed by atoms with Crippen molar-refractivity contribution in [2.45, 2.75) is 18.1 Å². The summed E-state index contributed by atoms with van der Waals surface area (Å²) >= 11 is 0. The van der Waals surface area contributed by atoms with Crippen molar-refractivity contribution in [2.24, 2.45) is 5.92 Å². The number of nitrogens with zero attached hydrogens (tertiary/aromatic N) is 2. The van der Waals surface area contributed by atoms with Crippen LogP contribution in [0, 0.1) is 11.1 Å². The van der Waals surface area contributed by atoms with Gasteiger partial charge in [0.25, 0.3) is 11.8 Å². The Bertz CT molecular complexity index is 668. The van der Waals surface area contributed by atoms with E-state index >= 15 is 0 Å². The maximum Gasteiger partial charge on any atom is 0.327 e. The zero-order chi connectivity index (χ0) is 16.9. The summed E-state index contributed by atoms with van der Waals surface area (Å²) < 4.78 is 30.8. The van der Waals surface area contributed by atoms with E-state index in [4.69, 9.17) is 4.84 Å². The van der Waals surface area contributed by atoms with E-state index in [1.165, 1.54) is 0 Å². The predicted molar refractivity (Wildman–Crippen MR) is 63.6 cm³/mol. The molecule has 0 aliphatic carbocycles. The average molecular weight is 335 g/mol. The van der Waals surface area contributed by atoms with E-state index in [9.17, 15) is 37.4 Å². The van der Waals surface area contributed by atoms with Crippen LogP contribution in [-0.2, 0) is 34.1 Å². The Kier molecular flexibility index (Phi) is 3.91. The van der Waals surface area contributed by atoms with E-state index in [0.29, 0.717) is 0 Å². The second kappa shape index (κ2) is 5.17. The molecule has 0 bridgehead atoms. The van der Waals surface area contributed by atoms with Gasteiger partial charge in [-0.3, -0.25) is 14.4 Å². The standard InChI is InChI=1S/C10H12N2O9S/c1-12(17)8(14)2-5(10(12)16)4-21-11-7(13)3-6(9(11)15)22(18,19)20/h5-6H,2-4H2,1H3,(H,18,19,20)/p-1. The molecule has 0 aromatic rings. The van der Waals surface area contributed by atoms with Crippen LogP contribution in [0.5, 0.6) is 0 Å². The molecule has 122 valence electrons. The number of rotatable bonds is 4. The maximum atomic E-state index is 11.7. The molecule has 2 fully saturated rings. The van der Waals surface area contributed by atoms with Gasteiger partial charge in [0.15, 0.2) is 0 Å². The van der Waals surface area contributed by atoms with Crippen LogP contribution in [0.3, 0.4) is 0 Å². The third kappa shape index (κ3) is 2.66. The van der Waals surface area contributed by atoms with Crippen LogP contribution in [0.4, 0.5) is 0 Å². The van der Waals surface area contributed by atoms with Gasteiger partial charge < -0.3 is 9.76 Å². The van der Waals surface area contributed by atoms with Crippen LogP contribution >= 0.6 is 0 Å². The van der Waals surface area contributed by atoms with Crippen molar-refractivity contribution in [3.63, 3.8) is 0 Å². The van der Waals surface area contributed by atoms with Crippen LogP contribution < -0.4 is 0 Å². The van der Waals surface area contributed by atoms with Crippen molar-refractivity contribution in [1.29, 1.82) is 0 Å². The highest BCUT2D eigenvalue weighted by Gasteiger charge is 2.49. The van der Waals surface area contributed by atoms with Crippen LogP contribution in [0.15, 0.2) is 0 Å². The first-order valence-electron chi connectivity index (χ1n) is 6.06. The van der Waals surface area contributed by atoms with Crippen molar-refractivity contribution in [1.82, 2.24) is 5.06 Å². The number of hydroxylamine groups is 5. The molecule has 3 atom stereocenters. The second-order valence-electron chi connectivity index (χ2n) is 5.06. The van der Waals surface area contributed by atoms with E-state index in [0.717, 1.165) is 7.05 Å². The lowest BCUT2D eigenvalue weighted by molar-refractivity contribution is -0.697. The van der Waals surface area contributed by atoms with Gasteiger partial charge in [0.05, 0.1) is 26.5 Å². The van der Waals surface area contributed by atoms with Crippen LogP contribution in [0.1, 0.15) is 12.8 Å². The molecule has 3 unspecified atom stereocenters. The predicted octanol–water partition coefficient (Wildman–Crippen LogP) is -2.39. The molecule has 2 rings (SSSR count). The first-order valence-corrected chi connectivity index (χ1v) is 7.53. The molecule has 0 spiro atoms. The first kappa shape index (κ1) is 16.6. The Morgan fingerprint density at radius 1 is 1.27 bits per heavy atom. The SMILES string of the molecule is C[N+]1([O-])C(=O)CC(CON2C(=O)CC(S(=O)(=O)[O-])C2=O)C1=O. The molecular weight excluding hydrogens is 324 g/mol. The van der Waals surface area contributed by atoms with Crippen LogP contribution in [-0.4, -0.2) is 65.2 Å². The maximum absolute atomic E-state index is 11.7. The minimum Gasteiger partial charge on any atom is -0.747 e. The number of quaternary nitrogens is 1. The van der Waals surface area contributed by atoms with Gasteiger partial charge in [-0.05, 0) is 0 Å². The number of carbonyl (C=O) groups excluding carboxylic acids is 4. The first-order chi connectivity index (χ1) is 9.96. The van der Waals surface area contributed by atoms with Crippen molar-refractivity contribution < 1.29 is 41.6 Å². The number of carbonyl (C=O) groups is 4. The minimum atomic E-state index is -5.01. The summed E-state index contributed by atoms with van der Waals surface area (Å²) in [5.41, 5.74) is 0. The molecule has 2 aliphatic heterocycles. The van der Waals surface area contributed by atoms with Gasteiger partial charge in [0.1, 0.15) is 21.3 Å². The van der Waals surface area contributed by atoms with Crippen LogP contribution in [0.25, 0.3) is 0 Å². The third-order valence-electron chi connectivity index (χ3n) is 3.48. The van der Waals surface area contributed by atoms with Gasteiger partial charge in [-0.15, -0.1) is 0 Å². The minimum absolute atomic E-state index is 0.0886. The second-order valence-corrected chi connectivity index (χ2v) is 6.62. The largest absolute Gasteiger partial charge is 0.747 e. The highest BCUT2D eigenvalue weighted by atomic mass is 32.2. The Balaban J connectivity index is 2.04. The normalized spacial score (nSPS) is 33.1. The Morgan fingerprint density at radius 2 is 1.86 bits per heavy atom. The average Bonchev–Trinajstić information content (AvgIpc) is 2.77. The molecule has 2 saturated heterocycles. The Morgan fingerprint density at radius 3 is 2.27 bits per heavy atom. The van der Waals surface area contributed by atoms with E-state index in [1.54, 1.807) is 0 Å². The molecular formula is C10H11N2O9S-. The Labute approximate surface area is 124 Å². The lowest BCUT2D eigenvalue weighted by Crippen LogP contribution is -2.44. The van der Waals surface area contributed by atoms with Gasteiger partial charge in [0, 0.05) is 0 Å². The van der Waals surface area contributed by atoms with E-state index in [-0.39, 0.29) is 5.06 Å². The number of hydrogen-bond donors (Lipinski definition) is 0.